The molecule has 0 N–H and O–H groups in total. The molecule has 0 bridgehead atoms. The van der Waals surface area contributed by atoms with Crippen molar-refractivity contribution < 1.29 is 8.42 Å². The highest BCUT2D eigenvalue weighted by Gasteiger charge is 2.30. The molecule has 5 heteroatoms. The van der Waals surface area contributed by atoms with Crippen molar-refractivity contribution in [1.82, 2.24) is 4.31 Å². The van der Waals surface area contributed by atoms with Crippen molar-refractivity contribution in [1.29, 1.82) is 0 Å². The lowest BCUT2D eigenvalue weighted by Crippen LogP contribution is -2.38. The van der Waals surface area contributed by atoms with Crippen molar-refractivity contribution in [3.8, 4) is 0 Å². The second kappa shape index (κ2) is 5.31. The maximum absolute atomic E-state index is 12.6. The number of sulfonamides is 1. The average Bonchev–Trinajstić information content (AvgIpc) is 2.69. The summed E-state index contributed by atoms with van der Waals surface area (Å²) in [6.07, 6.45) is 5.52. The maximum atomic E-state index is 12.6. The predicted molar refractivity (Wildman–Crippen MR) is 75.6 cm³/mol. The van der Waals surface area contributed by atoms with Crippen LogP contribution in [-0.4, -0.2) is 25.8 Å². The summed E-state index contributed by atoms with van der Waals surface area (Å²) in [4.78, 5) is 2.45. The van der Waals surface area contributed by atoms with Crippen LogP contribution < -0.4 is 0 Å². The van der Waals surface area contributed by atoms with Crippen LogP contribution in [0, 0.1) is 13.8 Å². The lowest BCUT2D eigenvalue weighted by molar-refractivity contribution is 0.286. The molecule has 3 nitrogen and oxygen atoms in total. The molecule has 0 amide bonds. The fourth-order valence-corrected chi connectivity index (χ4v) is 5.60. The molecule has 0 aliphatic heterocycles. The van der Waals surface area contributed by atoms with Gasteiger partial charge >= 0.3 is 0 Å². The van der Waals surface area contributed by atoms with Gasteiger partial charge in [0.1, 0.15) is 0 Å². The van der Waals surface area contributed by atoms with E-state index in [0.717, 1.165) is 35.4 Å². The minimum Gasteiger partial charge on any atom is -0.207 e. The van der Waals surface area contributed by atoms with Crippen molar-refractivity contribution in [2.24, 2.45) is 0 Å². The minimum atomic E-state index is -3.30. The summed E-state index contributed by atoms with van der Waals surface area (Å²) in [5.41, 5.74) is 0. The Labute approximate surface area is 114 Å². The number of hydrogen-bond donors (Lipinski definition) is 0. The van der Waals surface area contributed by atoms with Crippen molar-refractivity contribution in [3.05, 3.63) is 15.8 Å². The molecule has 102 valence electrons. The van der Waals surface area contributed by atoms with Gasteiger partial charge in [-0.15, -0.1) is 11.3 Å². The van der Waals surface area contributed by atoms with Gasteiger partial charge in [-0.1, -0.05) is 19.3 Å². The zero-order chi connectivity index (χ0) is 13.3. The summed E-state index contributed by atoms with van der Waals surface area (Å²) in [6.45, 7) is 3.84. The molecule has 0 atom stereocenters. The molecule has 1 aromatic heterocycles. The number of nitrogens with zero attached hydrogens (tertiary/aromatic N) is 1. The third kappa shape index (κ3) is 2.63. The van der Waals surface area contributed by atoms with Gasteiger partial charge in [-0.05, 0) is 32.8 Å². The number of rotatable bonds is 3. The molecule has 1 aromatic rings. The highest BCUT2D eigenvalue weighted by atomic mass is 32.2. The van der Waals surface area contributed by atoms with E-state index in [4.69, 9.17) is 0 Å². The fraction of sp³-hybridized carbons (Fsp3) is 0.692. The van der Waals surface area contributed by atoms with Gasteiger partial charge in [-0.25, -0.2) is 8.42 Å². The van der Waals surface area contributed by atoms with Gasteiger partial charge in [0.25, 0.3) is 0 Å². The molecule has 1 aliphatic rings. The van der Waals surface area contributed by atoms with Gasteiger partial charge in [0, 0.05) is 22.8 Å². The smallest absolute Gasteiger partial charge is 0.207 e. The zero-order valence-corrected chi connectivity index (χ0v) is 12.9. The van der Waals surface area contributed by atoms with Crippen molar-refractivity contribution in [3.63, 3.8) is 0 Å². The van der Waals surface area contributed by atoms with Crippen molar-refractivity contribution >= 4 is 21.4 Å². The molecule has 0 radical (unpaired) electrons. The quantitative estimate of drug-likeness (QED) is 0.855. The molecule has 2 rings (SSSR count). The first-order valence-electron chi connectivity index (χ1n) is 6.48. The highest BCUT2D eigenvalue weighted by Crippen LogP contribution is 2.31. The maximum Gasteiger partial charge on any atom is 0.244 e. The van der Waals surface area contributed by atoms with E-state index in [1.165, 1.54) is 6.42 Å². The third-order valence-corrected chi connectivity index (χ3v) is 6.87. The minimum absolute atomic E-state index is 0.184. The Bertz CT molecular complexity index is 513. The second-order valence-electron chi connectivity index (χ2n) is 5.09. The van der Waals surface area contributed by atoms with Crippen LogP contribution in [0.15, 0.2) is 11.0 Å². The Morgan fingerprint density at radius 2 is 1.83 bits per heavy atom. The van der Waals surface area contributed by atoms with E-state index in [-0.39, 0.29) is 6.04 Å². The molecule has 1 fully saturated rings. The van der Waals surface area contributed by atoms with Crippen LogP contribution in [-0.2, 0) is 10.0 Å². The Morgan fingerprint density at radius 3 is 2.33 bits per heavy atom. The molecule has 0 aromatic carbocycles. The van der Waals surface area contributed by atoms with Crippen LogP contribution in [0.4, 0.5) is 0 Å². The van der Waals surface area contributed by atoms with Gasteiger partial charge in [0.2, 0.25) is 10.0 Å². The Balaban J connectivity index is 2.27. The normalized spacial score (nSPS) is 18.4. The summed E-state index contributed by atoms with van der Waals surface area (Å²) in [5, 5.41) is 0. The molecule has 1 saturated carbocycles. The molecular formula is C13H21NO2S2. The molecule has 0 saturated heterocycles. The fourth-order valence-electron chi connectivity index (χ4n) is 2.66. The Morgan fingerprint density at radius 1 is 1.22 bits per heavy atom. The lowest BCUT2D eigenvalue weighted by Gasteiger charge is -2.30. The van der Waals surface area contributed by atoms with Crippen LogP contribution in [0.3, 0.4) is 0 Å². The van der Waals surface area contributed by atoms with Gasteiger partial charge < -0.3 is 0 Å². The average molecular weight is 287 g/mol. The number of aryl methyl sites for hydroxylation is 2. The zero-order valence-electron chi connectivity index (χ0n) is 11.3. The first-order chi connectivity index (χ1) is 8.43. The molecule has 18 heavy (non-hydrogen) atoms. The largest absolute Gasteiger partial charge is 0.244 e. The summed E-state index contributed by atoms with van der Waals surface area (Å²) in [6, 6.07) is 1.98. The van der Waals surface area contributed by atoms with Crippen LogP contribution in [0.25, 0.3) is 0 Å². The summed E-state index contributed by atoms with van der Waals surface area (Å²) >= 11 is 1.55. The SMILES string of the molecule is Cc1cc(S(=O)(=O)N(C)C2CCCCC2)c(C)s1. The molecule has 1 aliphatic carbocycles. The third-order valence-electron chi connectivity index (χ3n) is 3.74. The molecule has 1 heterocycles. The number of hydrogen-bond acceptors (Lipinski definition) is 3. The van der Waals surface area contributed by atoms with E-state index < -0.39 is 10.0 Å². The van der Waals surface area contributed by atoms with Gasteiger partial charge in [0.15, 0.2) is 0 Å². The molecular weight excluding hydrogens is 266 g/mol. The van der Waals surface area contributed by atoms with E-state index in [0.29, 0.717) is 4.90 Å². The van der Waals surface area contributed by atoms with Gasteiger partial charge in [-0.3, -0.25) is 0 Å². The van der Waals surface area contributed by atoms with Crippen molar-refractivity contribution in [2.45, 2.75) is 56.9 Å². The first kappa shape index (κ1) is 14.0. The Hall–Kier alpha value is -0.390. The van der Waals surface area contributed by atoms with Crippen LogP contribution >= 0.6 is 11.3 Å². The highest BCUT2D eigenvalue weighted by molar-refractivity contribution is 7.89. The van der Waals surface area contributed by atoms with Crippen molar-refractivity contribution in [2.75, 3.05) is 7.05 Å². The topological polar surface area (TPSA) is 37.4 Å². The summed E-state index contributed by atoms with van der Waals surface area (Å²) in [5.74, 6) is 0. The summed E-state index contributed by atoms with van der Waals surface area (Å²) < 4.78 is 26.8. The molecule has 0 unspecified atom stereocenters. The lowest BCUT2D eigenvalue weighted by atomic mass is 9.96. The van der Waals surface area contributed by atoms with E-state index in [2.05, 4.69) is 0 Å². The predicted octanol–water partition coefficient (Wildman–Crippen LogP) is 3.32. The standard InChI is InChI=1S/C13H21NO2S2/c1-10-9-13(11(2)17-10)18(15,16)14(3)12-7-5-4-6-8-12/h9,12H,4-8H2,1-3H3. The van der Waals surface area contributed by atoms with Crippen LogP contribution in [0.1, 0.15) is 41.9 Å². The molecule has 0 spiro atoms. The van der Waals surface area contributed by atoms with Crippen LogP contribution in [0.2, 0.25) is 0 Å². The summed E-state index contributed by atoms with van der Waals surface area (Å²) in [7, 11) is -1.57. The van der Waals surface area contributed by atoms with Gasteiger partial charge in [-0.2, -0.15) is 4.31 Å². The van der Waals surface area contributed by atoms with E-state index in [9.17, 15) is 8.42 Å². The monoisotopic (exact) mass is 287 g/mol. The van der Waals surface area contributed by atoms with E-state index in [1.54, 1.807) is 28.8 Å². The number of thiophene rings is 1. The second-order valence-corrected chi connectivity index (χ2v) is 8.52. The Kier molecular flexibility index (Phi) is 4.14. The first-order valence-corrected chi connectivity index (χ1v) is 8.73. The van der Waals surface area contributed by atoms with Gasteiger partial charge in [0.05, 0.1) is 4.90 Å². The van der Waals surface area contributed by atoms with E-state index in [1.807, 2.05) is 13.8 Å². The van der Waals surface area contributed by atoms with E-state index >= 15 is 0 Å². The van der Waals surface area contributed by atoms with Crippen LogP contribution in [0.5, 0.6) is 0 Å².